The Bertz CT molecular complexity index is 333. The van der Waals surface area contributed by atoms with Gasteiger partial charge in [0.25, 0.3) is 0 Å². The first-order valence-corrected chi connectivity index (χ1v) is 5.56. The fourth-order valence-corrected chi connectivity index (χ4v) is 1.97. The minimum absolute atomic E-state index is 0.334. The van der Waals surface area contributed by atoms with E-state index in [-0.39, 0.29) is 0 Å². The molecular weight excluding hydrogens is 188 g/mol. The van der Waals surface area contributed by atoms with Crippen LogP contribution >= 0.6 is 0 Å². The molecule has 82 valence electrons. The first kappa shape index (κ1) is 10.2. The van der Waals surface area contributed by atoms with Crippen molar-refractivity contribution < 1.29 is 0 Å². The minimum Gasteiger partial charge on any atom is -0.369 e. The summed E-state index contributed by atoms with van der Waals surface area (Å²) >= 11 is 0. The van der Waals surface area contributed by atoms with Gasteiger partial charge >= 0.3 is 0 Å². The van der Waals surface area contributed by atoms with Gasteiger partial charge in [-0.1, -0.05) is 13.3 Å². The monoisotopic (exact) mass is 206 g/mol. The second-order valence-corrected chi connectivity index (χ2v) is 4.40. The first-order valence-electron chi connectivity index (χ1n) is 5.56. The van der Waals surface area contributed by atoms with E-state index < -0.39 is 0 Å². The predicted octanol–water partition coefficient (Wildman–Crippen LogP) is 2.05. The zero-order valence-electron chi connectivity index (χ0n) is 9.16. The minimum atomic E-state index is 0.334. The topological polar surface area (TPSA) is 63.8 Å². The lowest BCUT2D eigenvalue weighted by atomic mass is 10.0. The fraction of sp³-hybridized carbons (Fsp3) is 0.636. The largest absolute Gasteiger partial charge is 0.369 e. The SMILES string of the molecule is CCCC1(CNc2ccnc(N)n2)CC1. The summed E-state index contributed by atoms with van der Waals surface area (Å²) in [7, 11) is 0. The summed E-state index contributed by atoms with van der Waals surface area (Å²) in [5.41, 5.74) is 6.05. The third-order valence-corrected chi connectivity index (χ3v) is 3.06. The predicted molar refractivity (Wildman–Crippen MR) is 61.5 cm³/mol. The number of anilines is 2. The molecule has 1 saturated carbocycles. The lowest BCUT2D eigenvalue weighted by Crippen LogP contribution is -2.16. The number of hydrogen-bond donors (Lipinski definition) is 2. The van der Waals surface area contributed by atoms with Gasteiger partial charge in [-0.25, -0.2) is 4.98 Å². The molecule has 0 atom stereocenters. The maximum absolute atomic E-state index is 5.51. The number of rotatable bonds is 5. The van der Waals surface area contributed by atoms with Gasteiger partial charge in [-0.3, -0.25) is 0 Å². The van der Waals surface area contributed by atoms with Crippen LogP contribution in [0, 0.1) is 5.41 Å². The summed E-state index contributed by atoms with van der Waals surface area (Å²) in [6.07, 6.45) is 6.93. The lowest BCUT2D eigenvalue weighted by Gasteiger charge is -2.15. The van der Waals surface area contributed by atoms with Gasteiger partial charge in [0.2, 0.25) is 5.95 Å². The van der Waals surface area contributed by atoms with Crippen LogP contribution in [0.3, 0.4) is 0 Å². The van der Waals surface area contributed by atoms with Crippen molar-refractivity contribution in [3.05, 3.63) is 12.3 Å². The standard InChI is InChI=1S/C11H18N4/c1-2-4-11(5-6-11)8-14-9-3-7-13-10(12)15-9/h3,7H,2,4-6,8H2,1H3,(H3,12,13,14,15). The van der Waals surface area contributed by atoms with Crippen LogP contribution in [0.5, 0.6) is 0 Å². The van der Waals surface area contributed by atoms with E-state index in [0.29, 0.717) is 11.4 Å². The number of hydrogen-bond acceptors (Lipinski definition) is 4. The average Bonchev–Trinajstić information content (AvgIpc) is 2.97. The molecule has 0 amide bonds. The van der Waals surface area contributed by atoms with Gasteiger partial charge in [-0.15, -0.1) is 0 Å². The van der Waals surface area contributed by atoms with Crippen LogP contribution in [0.2, 0.25) is 0 Å². The van der Waals surface area contributed by atoms with Crippen molar-refractivity contribution in [3.63, 3.8) is 0 Å². The number of nitrogens with one attached hydrogen (secondary N) is 1. The van der Waals surface area contributed by atoms with Crippen LogP contribution in [-0.4, -0.2) is 16.5 Å². The molecule has 1 aromatic rings. The van der Waals surface area contributed by atoms with Crippen molar-refractivity contribution in [1.82, 2.24) is 9.97 Å². The van der Waals surface area contributed by atoms with Crippen LogP contribution in [0.15, 0.2) is 12.3 Å². The molecule has 1 aliphatic rings. The third-order valence-electron chi connectivity index (χ3n) is 3.06. The van der Waals surface area contributed by atoms with E-state index in [1.54, 1.807) is 6.20 Å². The molecule has 3 N–H and O–H groups in total. The molecule has 4 nitrogen and oxygen atoms in total. The Morgan fingerprint density at radius 3 is 2.93 bits per heavy atom. The van der Waals surface area contributed by atoms with E-state index in [2.05, 4.69) is 22.2 Å². The van der Waals surface area contributed by atoms with E-state index in [1.807, 2.05) is 6.07 Å². The molecule has 0 aromatic carbocycles. The number of nitrogens with two attached hydrogens (primary N) is 1. The Kier molecular flexibility index (Phi) is 2.75. The summed E-state index contributed by atoms with van der Waals surface area (Å²) in [5, 5.41) is 3.34. The fourth-order valence-electron chi connectivity index (χ4n) is 1.97. The normalized spacial score (nSPS) is 17.4. The Morgan fingerprint density at radius 1 is 1.53 bits per heavy atom. The zero-order valence-corrected chi connectivity index (χ0v) is 9.16. The van der Waals surface area contributed by atoms with Gasteiger partial charge in [0.1, 0.15) is 5.82 Å². The number of nitrogen functional groups attached to an aromatic ring is 1. The number of aromatic nitrogens is 2. The highest BCUT2D eigenvalue weighted by molar-refractivity contribution is 5.37. The van der Waals surface area contributed by atoms with Crippen LogP contribution < -0.4 is 11.1 Å². The molecule has 0 spiro atoms. The van der Waals surface area contributed by atoms with E-state index in [0.717, 1.165) is 12.4 Å². The highest BCUT2D eigenvalue weighted by atomic mass is 15.1. The van der Waals surface area contributed by atoms with Gasteiger partial charge in [-0.05, 0) is 30.7 Å². The molecule has 1 aliphatic carbocycles. The molecule has 0 unspecified atom stereocenters. The summed E-state index contributed by atoms with van der Waals surface area (Å²) in [4.78, 5) is 7.98. The molecule has 0 radical (unpaired) electrons. The van der Waals surface area contributed by atoms with Crippen LogP contribution in [0.4, 0.5) is 11.8 Å². The number of nitrogens with zero attached hydrogens (tertiary/aromatic N) is 2. The van der Waals surface area contributed by atoms with Crippen LogP contribution in [-0.2, 0) is 0 Å². The van der Waals surface area contributed by atoms with E-state index in [1.165, 1.54) is 25.7 Å². The van der Waals surface area contributed by atoms with E-state index >= 15 is 0 Å². The molecule has 1 heterocycles. The third kappa shape index (κ3) is 2.58. The van der Waals surface area contributed by atoms with Crippen molar-refractivity contribution in [2.45, 2.75) is 32.6 Å². The molecule has 0 saturated heterocycles. The maximum atomic E-state index is 5.51. The first-order chi connectivity index (χ1) is 7.24. The molecule has 1 fully saturated rings. The second kappa shape index (κ2) is 4.04. The van der Waals surface area contributed by atoms with Gasteiger partial charge < -0.3 is 11.1 Å². The summed E-state index contributed by atoms with van der Waals surface area (Å²) in [6, 6.07) is 1.86. The molecule has 15 heavy (non-hydrogen) atoms. The van der Waals surface area contributed by atoms with E-state index in [9.17, 15) is 0 Å². The van der Waals surface area contributed by atoms with Gasteiger partial charge in [0, 0.05) is 12.7 Å². The summed E-state index contributed by atoms with van der Waals surface area (Å²) < 4.78 is 0. The van der Waals surface area contributed by atoms with Crippen molar-refractivity contribution in [2.24, 2.45) is 5.41 Å². The van der Waals surface area contributed by atoms with Gasteiger partial charge in [-0.2, -0.15) is 4.98 Å². The van der Waals surface area contributed by atoms with Gasteiger partial charge in [0.15, 0.2) is 0 Å². The van der Waals surface area contributed by atoms with Crippen LogP contribution in [0.1, 0.15) is 32.6 Å². The highest BCUT2D eigenvalue weighted by Gasteiger charge is 2.41. The highest BCUT2D eigenvalue weighted by Crippen LogP contribution is 2.49. The van der Waals surface area contributed by atoms with Crippen molar-refractivity contribution in [2.75, 3.05) is 17.6 Å². The molecule has 1 aromatic heterocycles. The van der Waals surface area contributed by atoms with Crippen molar-refractivity contribution in [1.29, 1.82) is 0 Å². The Labute approximate surface area is 90.3 Å². The van der Waals surface area contributed by atoms with Crippen LogP contribution in [0.25, 0.3) is 0 Å². The Balaban J connectivity index is 1.88. The van der Waals surface area contributed by atoms with Gasteiger partial charge in [0.05, 0.1) is 0 Å². The van der Waals surface area contributed by atoms with E-state index in [4.69, 9.17) is 5.73 Å². The molecule has 0 bridgehead atoms. The smallest absolute Gasteiger partial charge is 0.221 e. The Hall–Kier alpha value is -1.32. The zero-order chi connectivity index (χ0) is 10.7. The summed E-state index contributed by atoms with van der Waals surface area (Å²) in [6.45, 7) is 3.25. The molecule has 2 rings (SSSR count). The molecular formula is C11H18N4. The summed E-state index contributed by atoms with van der Waals surface area (Å²) in [5.74, 6) is 1.17. The Morgan fingerprint density at radius 2 is 2.33 bits per heavy atom. The molecule has 0 aliphatic heterocycles. The average molecular weight is 206 g/mol. The molecule has 4 heteroatoms. The van der Waals surface area contributed by atoms with Crippen molar-refractivity contribution in [3.8, 4) is 0 Å². The van der Waals surface area contributed by atoms with Crippen molar-refractivity contribution >= 4 is 11.8 Å². The second-order valence-electron chi connectivity index (χ2n) is 4.40. The lowest BCUT2D eigenvalue weighted by molar-refractivity contribution is 0.485. The quantitative estimate of drug-likeness (QED) is 0.774. The maximum Gasteiger partial charge on any atom is 0.221 e.